The summed E-state index contributed by atoms with van der Waals surface area (Å²) in [7, 11) is 0. The molecule has 146 valence electrons. The molecule has 3 rings (SSSR count). The van der Waals surface area contributed by atoms with Crippen LogP contribution in [0.3, 0.4) is 0 Å². The Balaban J connectivity index is 1.56. The number of ketones is 1. The highest BCUT2D eigenvalue weighted by Gasteiger charge is 2.14. The molecule has 0 bridgehead atoms. The first-order valence-electron chi connectivity index (χ1n) is 8.33. The molecule has 1 aromatic carbocycles. The predicted octanol–water partition coefficient (Wildman–Crippen LogP) is 4.06. The molecule has 7 nitrogen and oxygen atoms in total. The van der Waals surface area contributed by atoms with Crippen molar-refractivity contribution in [3.63, 3.8) is 0 Å². The lowest BCUT2D eigenvalue weighted by atomic mass is 10.1. The number of hydrogen-bond donors (Lipinski definition) is 1. The molecule has 2 aromatic heterocycles. The average Bonchev–Trinajstić information content (AvgIpc) is 3.28. The zero-order chi connectivity index (χ0) is 20.3. The number of carbonyl (C=O) groups excluding carboxylic acids is 2. The van der Waals surface area contributed by atoms with Crippen LogP contribution in [0, 0.1) is 18.6 Å². The number of amides is 1. The third kappa shape index (κ3) is 4.43. The van der Waals surface area contributed by atoms with Crippen LogP contribution in [0.1, 0.15) is 34.4 Å². The molecule has 0 aliphatic heterocycles. The topological polar surface area (TPSA) is 86.4 Å². The summed E-state index contributed by atoms with van der Waals surface area (Å²) >= 11 is 0. The molecule has 0 saturated carbocycles. The SMILES string of the molecule is CC(=O)c1ccc(Cn2cc(NC(=O)OCc3c(F)ccc(C)c3F)cn2)o1. The van der Waals surface area contributed by atoms with Gasteiger partial charge in [-0.05, 0) is 30.7 Å². The van der Waals surface area contributed by atoms with Gasteiger partial charge in [-0.3, -0.25) is 14.8 Å². The minimum atomic E-state index is -0.878. The van der Waals surface area contributed by atoms with Crippen molar-refractivity contribution in [1.29, 1.82) is 0 Å². The first-order valence-corrected chi connectivity index (χ1v) is 8.33. The van der Waals surface area contributed by atoms with Gasteiger partial charge in [-0.2, -0.15) is 5.10 Å². The average molecular weight is 389 g/mol. The summed E-state index contributed by atoms with van der Waals surface area (Å²) in [5.41, 5.74) is 0.269. The molecule has 9 heteroatoms. The van der Waals surface area contributed by atoms with Gasteiger partial charge in [0.15, 0.2) is 11.5 Å². The second-order valence-corrected chi connectivity index (χ2v) is 6.11. The number of Topliss-reactive ketones (excluding diaryl/α,β-unsaturated/α-hetero) is 1. The van der Waals surface area contributed by atoms with Crippen LogP contribution >= 0.6 is 0 Å². The highest BCUT2D eigenvalue weighted by molar-refractivity contribution is 5.91. The Kier molecular flexibility index (Phi) is 5.53. The van der Waals surface area contributed by atoms with Gasteiger partial charge in [0, 0.05) is 13.1 Å². The molecule has 28 heavy (non-hydrogen) atoms. The Labute approximate surface area is 158 Å². The van der Waals surface area contributed by atoms with Crippen LogP contribution in [-0.2, 0) is 17.9 Å². The summed E-state index contributed by atoms with van der Waals surface area (Å²) in [6.07, 6.45) is 2.02. The molecule has 3 aromatic rings. The molecule has 0 atom stereocenters. The Morgan fingerprint density at radius 3 is 2.75 bits per heavy atom. The predicted molar refractivity (Wildman–Crippen MR) is 94.9 cm³/mol. The van der Waals surface area contributed by atoms with Crippen molar-refractivity contribution in [3.05, 3.63) is 70.9 Å². The first kappa shape index (κ1) is 19.3. The fraction of sp³-hybridized carbons (Fsp3) is 0.211. The smallest absolute Gasteiger partial charge is 0.412 e. The van der Waals surface area contributed by atoms with Crippen molar-refractivity contribution in [2.24, 2.45) is 0 Å². The standard InChI is InChI=1S/C19H17F2N3O4/c1-11-3-5-16(20)15(18(11)21)10-27-19(26)23-13-7-22-24(8-13)9-14-4-6-17(28-14)12(2)25/h3-8H,9-10H2,1-2H3,(H,23,26). The minimum absolute atomic E-state index is 0.182. The fourth-order valence-electron chi connectivity index (χ4n) is 2.47. The van der Waals surface area contributed by atoms with Crippen LogP contribution < -0.4 is 5.32 Å². The Morgan fingerprint density at radius 2 is 2.04 bits per heavy atom. The minimum Gasteiger partial charge on any atom is -0.456 e. The molecule has 1 amide bonds. The van der Waals surface area contributed by atoms with E-state index < -0.39 is 24.3 Å². The van der Waals surface area contributed by atoms with E-state index in [9.17, 15) is 18.4 Å². The van der Waals surface area contributed by atoms with E-state index in [1.807, 2.05) is 0 Å². The largest absolute Gasteiger partial charge is 0.456 e. The molecule has 1 N–H and O–H groups in total. The molecular weight excluding hydrogens is 372 g/mol. The second-order valence-electron chi connectivity index (χ2n) is 6.11. The van der Waals surface area contributed by atoms with E-state index in [1.54, 1.807) is 12.1 Å². The van der Waals surface area contributed by atoms with Gasteiger partial charge in [0.05, 0.1) is 24.0 Å². The van der Waals surface area contributed by atoms with E-state index in [0.29, 0.717) is 11.4 Å². The van der Waals surface area contributed by atoms with E-state index in [0.717, 1.165) is 6.07 Å². The van der Waals surface area contributed by atoms with Gasteiger partial charge in [0.1, 0.15) is 24.0 Å². The third-order valence-corrected chi connectivity index (χ3v) is 3.93. The highest BCUT2D eigenvalue weighted by Crippen LogP contribution is 2.18. The maximum absolute atomic E-state index is 13.9. The Hall–Kier alpha value is -3.49. The number of nitrogens with zero attached hydrogens (tertiary/aromatic N) is 2. The number of furan rings is 1. The lowest BCUT2D eigenvalue weighted by Crippen LogP contribution is -2.14. The number of anilines is 1. The molecule has 0 unspecified atom stereocenters. The number of hydrogen-bond acceptors (Lipinski definition) is 5. The van der Waals surface area contributed by atoms with E-state index >= 15 is 0 Å². The van der Waals surface area contributed by atoms with Crippen LogP contribution in [0.15, 0.2) is 41.1 Å². The van der Waals surface area contributed by atoms with E-state index in [-0.39, 0.29) is 29.2 Å². The molecule has 0 aliphatic carbocycles. The number of nitrogens with one attached hydrogen (secondary N) is 1. The molecule has 0 saturated heterocycles. The fourth-order valence-corrected chi connectivity index (χ4v) is 2.47. The van der Waals surface area contributed by atoms with E-state index in [1.165, 1.54) is 37.0 Å². The monoisotopic (exact) mass is 389 g/mol. The zero-order valence-corrected chi connectivity index (χ0v) is 15.2. The molecule has 0 spiro atoms. The Morgan fingerprint density at radius 1 is 1.25 bits per heavy atom. The van der Waals surface area contributed by atoms with E-state index in [2.05, 4.69) is 10.4 Å². The van der Waals surface area contributed by atoms with Gasteiger partial charge in [-0.1, -0.05) is 6.07 Å². The van der Waals surface area contributed by atoms with Gasteiger partial charge in [0.25, 0.3) is 0 Å². The number of benzene rings is 1. The number of aryl methyl sites for hydroxylation is 1. The summed E-state index contributed by atoms with van der Waals surface area (Å²) in [5, 5.41) is 6.48. The lowest BCUT2D eigenvalue weighted by Gasteiger charge is -2.08. The lowest BCUT2D eigenvalue weighted by molar-refractivity contribution is 0.0985. The van der Waals surface area contributed by atoms with Gasteiger partial charge in [0.2, 0.25) is 0 Å². The number of halogens is 2. The van der Waals surface area contributed by atoms with Crippen LogP contribution in [0.25, 0.3) is 0 Å². The Bertz CT molecular complexity index is 1030. The van der Waals surface area contributed by atoms with Crippen molar-refractivity contribution >= 4 is 17.6 Å². The van der Waals surface area contributed by atoms with Crippen LogP contribution in [0.4, 0.5) is 19.3 Å². The summed E-state index contributed by atoms with van der Waals surface area (Å²) in [6, 6.07) is 5.65. The second kappa shape index (κ2) is 8.03. The summed E-state index contributed by atoms with van der Waals surface area (Å²) in [6.45, 7) is 2.60. The number of rotatable bonds is 6. The number of aromatic nitrogens is 2. The van der Waals surface area contributed by atoms with Crippen LogP contribution in [0.2, 0.25) is 0 Å². The molecule has 0 radical (unpaired) electrons. The van der Waals surface area contributed by atoms with Crippen molar-refractivity contribution < 1.29 is 27.5 Å². The van der Waals surface area contributed by atoms with Crippen molar-refractivity contribution in [2.45, 2.75) is 27.0 Å². The van der Waals surface area contributed by atoms with Crippen LogP contribution in [-0.4, -0.2) is 21.7 Å². The third-order valence-electron chi connectivity index (χ3n) is 3.93. The molecule has 0 aliphatic rings. The molecule has 0 fully saturated rings. The van der Waals surface area contributed by atoms with E-state index in [4.69, 9.17) is 9.15 Å². The van der Waals surface area contributed by atoms with Gasteiger partial charge >= 0.3 is 6.09 Å². The maximum atomic E-state index is 13.9. The summed E-state index contributed by atoms with van der Waals surface area (Å²) < 4.78 is 39.3. The summed E-state index contributed by atoms with van der Waals surface area (Å²) in [4.78, 5) is 23.1. The maximum Gasteiger partial charge on any atom is 0.412 e. The van der Waals surface area contributed by atoms with Crippen molar-refractivity contribution in [1.82, 2.24) is 9.78 Å². The molecule has 2 heterocycles. The quantitative estimate of drug-likeness (QED) is 0.643. The first-order chi connectivity index (χ1) is 13.3. The van der Waals surface area contributed by atoms with Gasteiger partial charge in [-0.15, -0.1) is 0 Å². The molecular formula is C19H17F2N3O4. The van der Waals surface area contributed by atoms with Crippen LogP contribution in [0.5, 0.6) is 0 Å². The summed E-state index contributed by atoms with van der Waals surface area (Å²) in [5.74, 6) is -0.943. The van der Waals surface area contributed by atoms with Crippen molar-refractivity contribution in [2.75, 3.05) is 5.32 Å². The van der Waals surface area contributed by atoms with Gasteiger partial charge in [-0.25, -0.2) is 13.6 Å². The zero-order valence-electron chi connectivity index (χ0n) is 15.2. The highest BCUT2D eigenvalue weighted by atomic mass is 19.1. The van der Waals surface area contributed by atoms with Gasteiger partial charge < -0.3 is 9.15 Å². The number of carbonyl (C=O) groups is 2. The van der Waals surface area contributed by atoms with Crippen molar-refractivity contribution in [3.8, 4) is 0 Å². The normalized spacial score (nSPS) is 10.7. The number of ether oxygens (including phenoxy) is 1.